The molecule has 11 heteroatoms. The van der Waals surface area contributed by atoms with Gasteiger partial charge in [-0.25, -0.2) is 14.4 Å². The van der Waals surface area contributed by atoms with E-state index >= 15 is 0 Å². The third kappa shape index (κ3) is 9.57. The summed E-state index contributed by atoms with van der Waals surface area (Å²) in [6.07, 6.45) is 0.866. The number of hydrogen-bond acceptors (Lipinski definition) is 9. The smallest absolute Gasteiger partial charge is 0.333 e. The molecule has 0 spiro atoms. The average Bonchev–Trinajstić information content (AvgIpc) is 2.51. The van der Waals surface area contributed by atoms with Crippen molar-refractivity contribution in [3.63, 3.8) is 0 Å². The summed E-state index contributed by atoms with van der Waals surface area (Å²) in [7, 11) is 1.11. The molecule has 0 radical (unpaired) electrons. The van der Waals surface area contributed by atoms with Gasteiger partial charge in [-0.15, -0.1) is 0 Å². The van der Waals surface area contributed by atoms with Gasteiger partial charge < -0.3 is 30.4 Å². The molecular weight excluding hydrogens is 316 g/mol. The molecule has 0 aromatic rings. The topological polar surface area (TPSA) is 171 Å². The zero-order chi connectivity index (χ0) is 17.8. The Morgan fingerprint density at radius 2 is 1.74 bits per heavy atom. The lowest BCUT2D eigenvalue weighted by molar-refractivity contribution is -0.166. The summed E-state index contributed by atoms with van der Waals surface area (Å²) in [5.41, 5.74) is 5.01. The molecule has 0 saturated carbocycles. The lowest BCUT2D eigenvalue weighted by atomic mass is 10.2. The van der Waals surface area contributed by atoms with Gasteiger partial charge in [0.25, 0.3) is 0 Å². The molecule has 0 aliphatic heterocycles. The highest BCUT2D eigenvalue weighted by atomic mass is 16.7. The standard InChI is InChI=1S/C12H16N2O9/c1-21-9(16)2-3-10(17)22-6-23-11(18)4-7(12(19)20)14-8(15)5-13/h2-3,7H,4-6,13H2,1H3,(H,14,15)(H,19,20)/b3-2+/t7-/m0/s1. The van der Waals surface area contributed by atoms with E-state index in [1.54, 1.807) is 0 Å². The number of carboxylic acids is 1. The number of nitrogens with two attached hydrogens (primary N) is 1. The fourth-order valence-electron chi connectivity index (χ4n) is 1.08. The van der Waals surface area contributed by atoms with Gasteiger partial charge in [0.1, 0.15) is 6.04 Å². The van der Waals surface area contributed by atoms with Crippen molar-refractivity contribution in [2.75, 3.05) is 20.4 Å². The van der Waals surface area contributed by atoms with Crippen LogP contribution in [0.25, 0.3) is 0 Å². The quantitative estimate of drug-likeness (QED) is 0.236. The first-order valence-corrected chi connectivity index (χ1v) is 6.10. The Bertz CT molecular complexity index is 501. The average molecular weight is 332 g/mol. The lowest BCUT2D eigenvalue weighted by Crippen LogP contribution is -2.44. The Morgan fingerprint density at radius 1 is 1.13 bits per heavy atom. The van der Waals surface area contributed by atoms with Gasteiger partial charge in [-0.05, 0) is 0 Å². The summed E-state index contributed by atoms with van der Waals surface area (Å²) < 4.78 is 13.1. The molecule has 0 aliphatic carbocycles. The fourth-order valence-corrected chi connectivity index (χ4v) is 1.08. The van der Waals surface area contributed by atoms with Crippen LogP contribution in [0, 0.1) is 0 Å². The highest BCUT2D eigenvalue weighted by molar-refractivity contribution is 5.91. The number of hydrogen-bond donors (Lipinski definition) is 3. The molecule has 1 atom stereocenters. The monoisotopic (exact) mass is 332 g/mol. The Balaban J connectivity index is 4.20. The van der Waals surface area contributed by atoms with Gasteiger partial charge in [0.05, 0.1) is 20.1 Å². The molecule has 128 valence electrons. The molecular formula is C12H16N2O9. The van der Waals surface area contributed by atoms with Gasteiger partial charge in [-0.2, -0.15) is 0 Å². The second-order valence-corrected chi connectivity index (χ2v) is 3.82. The van der Waals surface area contributed by atoms with Crippen LogP contribution in [-0.4, -0.2) is 61.4 Å². The van der Waals surface area contributed by atoms with E-state index in [1.807, 2.05) is 5.32 Å². The first-order valence-electron chi connectivity index (χ1n) is 6.10. The highest BCUT2D eigenvalue weighted by Gasteiger charge is 2.23. The van der Waals surface area contributed by atoms with Gasteiger partial charge in [-0.1, -0.05) is 0 Å². The van der Waals surface area contributed by atoms with Crippen molar-refractivity contribution < 1.29 is 43.3 Å². The summed E-state index contributed by atoms with van der Waals surface area (Å²) in [5.74, 6) is -5.00. The maximum Gasteiger partial charge on any atom is 0.333 e. The molecule has 0 aliphatic rings. The zero-order valence-corrected chi connectivity index (χ0v) is 12.1. The first-order chi connectivity index (χ1) is 10.8. The van der Waals surface area contributed by atoms with Crippen molar-refractivity contribution in [3.8, 4) is 0 Å². The predicted octanol–water partition coefficient (Wildman–Crippen LogP) is -2.32. The molecule has 0 saturated heterocycles. The number of methoxy groups -OCH3 is 1. The van der Waals surface area contributed by atoms with Crippen molar-refractivity contribution in [2.45, 2.75) is 12.5 Å². The van der Waals surface area contributed by atoms with E-state index in [-0.39, 0.29) is 0 Å². The molecule has 0 rings (SSSR count). The molecule has 0 heterocycles. The number of carbonyl (C=O) groups is 5. The van der Waals surface area contributed by atoms with Crippen LogP contribution in [0.3, 0.4) is 0 Å². The fraction of sp³-hybridized carbons (Fsp3) is 0.417. The number of amides is 1. The van der Waals surface area contributed by atoms with Gasteiger partial charge in [0, 0.05) is 12.2 Å². The third-order valence-corrected chi connectivity index (χ3v) is 2.17. The molecule has 0 aromatic carbocycles. The normalized spacial score (nSPS) is 11.4. The second kappa shape index (κ2) is 10.7. The molecule has 0 unspecified atom stereocenters. The van der Waals surface area contributed by atoms with E-state index in [9.17, 15) is 24.0 Å². The van der Waals surface area contributed by atoms with E-state index in [2.05, 4.69) is 14.2 Å². The number of carboxylic acid groups (broad SMARTS) is 1. The van der Waals surface area contributed by atoms with Gasteiger partial charge in [0.15, 0.2) is 0 Å². The van der Waals surface area contributed by atoms with Crippen LogP contribution in [0.1, 0.15) is 6.42 Å². The van der Waals surface area contributed by atoms with Crippen molar-refractivity contribution in [2.24, 2.45) is 5.73 Å². The maximum atomic E-state index is 11.4. The summed E-state index contributed by atoms with van der Waals surface area (Å²) in [5, 5.41) is 10.8. The van der Waals surface area contributed by atoms with Gasteiger partial charge in [-0.3, -0.25) is 9.59 Å². The minimum atomic E-state index is -1.52. The van der Waals surface area contributed by atoms with Crippen LogP contribution in [0.2, 0.25) is 0 Å². The minimum absolute atomic E-state index is 0.441. The van der Waals surface area contributed by atoms with Gasteiger partial charge >= 0.3 is 23.9 Å². The summed E-state index contributed by atoms with van der Waals surface area (Å²) >= 11 is 0. The summed E-state index contributed by atoms with van der Waals surface area (Å²) in [6.45, 7) is -1.23. The number of rotatable bonds is 9. The number of nitrogens with one attached hydrogen (secondary N) is 1. The summed E-state index contributed by atoms with van der Waals surface area (Å²) in [4.78, 5) is 55.0. The van der Waals surface area contributed by atoms with Crippen molar-refractivity contribution >= 4 is 29.8 Å². The minimum Gasteiger partial charge on any atom is -0.480 e. The van der Waals surface area contributed by atoms with Crippen LogP contribution < -0.4 is 11.1 Å². The van der Waals surface area contributed by atoms with E-state index < -0.39 is 55.6 Å². The number of aliphatic carboxylic acids is 1. The maximum absolute atomic E-state index is 11.4. The predicted molar refractivity (Wildman–Crippen MR) is 71.4 cm³/mol. The lowest BCUT2D eigenvalue weighted by Gasteiger charge is -2.13. The van der Waals surface area contributed by atoms with E-state index in [0.717, 1.165) is 19.3 Å². The summed E-state index contributed by atoms with van der Waals surface area (Å²) in [6, 6.07) is -1.52. The molecule has 0 aromatic heterocycles. The Kier molecular flexibility index (Phi) is 9.35. The van der Waals surface area contributed by atoms with Crippen LogP contribution in [0.5, 0.6) is 0 Å². The van der Waals surface area contributed by atoms with Crippen LogP contribution >= 0.6 is 0 Å². The molecule has 4 N–H and O–H groups in total. The largest absolute Gasteiger partial charge is 0.480 e. The molecule has 23 heavy (non-hydrogen) atoms. The molecule has 0 bridgehead atoms. The van der Waals surface area contributed by atoms with E-state index in [4.69, 9.17) is 10.8 Å². The van der Waals surface area contributed by atoms with Crippen LogP contribution in [0.4, 0.5) is 0 Å². The SMILES string of the molecule is COC(=O)/C=C/C(=O)OCOC(=O)C[C@H](NC(=O)CN)C(=O)O. The molecule has 0 fully saturated rings. The third-order valence-electron chi connectivity index (χ3n) is 2.17. The van der Waals surface area contributed by atoms with Gasteiger partial charge in [0.2, 0.25) is 12.7 Å². The molecule has 1 amide bonds. The number of carbonyl (C=O) groups excluding carboxylic acids is 4. The number of ether oxygens (including phenoxy) is 3. The van der Waals surface area contributed by atoms with Crippen molar-refractivity contribution in [3.05, 3.63) is 12.2 Å². The van der Waals surface area contributed by atoms with Crippen molar-refractivity contribution in [1.29, 1.82) is 0 Å². The zero-order valence-electron chi connectivity index (χ0n) is 12.1. The Labute approximate surface area is 130 Å². The van der Waals surface area contributed by atoms with Crippen molar-refractivity contribution in [1.82, 2.24) is 5.32 Å². The first kappa shape index (κ1) is 20.1. The Hall–Kier alpha value is -2.95. The van der Waals surface area contributed by atoms with Crippen LogP contribution in [-0.2, 0) is 38.2 Å². The highest BCUT2D eigenvalue weighted by Crippen LogP contribution is 1.97. The van der Waals surface area contributed by atoms with Crippen LogP contribution in [0.15, 0.2) is 12.2 Å². The number of esters is 3. The van der Waals surface area contributed by atoms with E-state index in [1.165, 1.54) is 0 Å². The van der Waals surface area contributed by atoms with E-state index in [0.29, 0.717) is 0 Å². The second-order valence-electron chi connectivity index (χ2n) is 3.82. The molecule has 11 nitrogen and oxygen atoms in total. The Morgan fingerprint density at radius 3 is 2.26 bits per heavy atom.